The second-order valence-electron chi connectivity index (χ2n) is 7.60. The first-order valence-corrected chi connectivity index (χ1v) is 10.9. The molecular weight excluding hydrogens is 386 g/mol. The number of carbonyl (C=O) groups excluding carboxylic acids is 1. The number of benzene rings is 2. The van der Waals surface area contributed by atoms with Gasteiger partial charge in [0.15, 0.2) is 5.13 Å². The van der Waals surface area contributed by atoms with Gasteiger partial charge in [0.2, 0.25) is 0 Å². The van der Waals surface area contributed by atoms with Crippen LogP contribution >= 0.6 is 11.3 Å². The van der Waals surface area contributed by atoms with Gasteiger partial charge in [0.1, 0.15) is 5.75 Å². The molecule has 2 aromatic carbocycles. The minimum atomic E-state index is -0.203. The molecule has 1 saturated heterocycles. The first-order chi connectivity index (χ1) is 14.2. The van der Waals surface area contributed by atoms with Gasteiger partial charge in [-0.1, -0.05) is 29.5 Å². The van der Waals surface area contributed by atoms with Crippen LogP contribution in [0.25, 0.3) is 10.2 Å². The fourth-order valence-corrected chi connectivity index (χ4v) is 5.04. The van der Waals surface area contributed by atoms with Crippen LogP contribution in [0.4, 0.5) is 5.13 Å². The third kappa shape index (κ3) is 3.68. The number of rotatable bonds is 3. The van der Waals surface area contributed by atoms with Crippen molar-refractivity contribution in [2.45, 2.75) is 31.4 Å². The van der Waals surface area contributed by atoms with E-state index in [0.717, 1.165) is 59.0 Å². The average molecular weight is 410 g/mol. The van der Waals surface area contributed by atoms with E-state index in [0.29, 0.717) is 12.2 Å². The number of para-hydroxylation sites is 1. The van der Waals surface area contributed by atoms with Crippen LogP contribution in [0.15, 0.2) is 42.5 Å². The summed E-state index contributed by atoms with van der Waals surface area (Å²) in [6.45, 7) is 2.23. The predicted molar refractivity (Wildman–Crippen MR) is 114 cm³/mol. The van der Waals surface area contributed by atoms with Gasteiger partial charge >= 0.3 is 0 Å². The lowest BCUT2D eigenvalue weighted by atomic mass is 10.00. The molecule has 1 amide bonds. The Kier molecular flexibility index (Phi) is 4.85. The van der Waals surface area contributed by atoms with Crippen LogP contribution in [0.2, 0.25) is 0 Å². The average Bonchev–Trinajstić information content (AvgIpc) is 3.18. The molecule has 0 unspecified atom stereocenters. The molecule has 5 rings (SSSR count). The number of hydrogen-bond acceptors (Lipinski definition) is 6. The lowest BCUT2D eigenvalue weighted by Crippen LogP contribution is -2.35. The molecule has 6 nitrogen and oxygen atoms in total. The summed E-state index contributed by atoms with van der Waals surface area (Å²) in [7, 11) is 0. The predicted octanol–water partition coefficient (Wildman–Crippen LogP) is 3.51. The number of thiazole rings is 1. The van der Waals surface area contributed by atoms with Crippen LogP contribution in [0, 0.1) is 0 Å². The SMILES string of the molecule is O=C(N[C@H]1CCOc2ccccc21)c1ccc2nc(N3CCC(O)CC3)sc2c1. The Labute approximate surface area is 173 Å². The zero-order valence-electron chi connectivity index (χ0n) is 16.0. The van der Waals surface area contributed by atoms with E-state index in [4.69, 9.17) is 9.72 Å². The van der Waals surface area contributed by atoms with Gasteiger partial charge in [0.25, 0.3) is 5.91 Å². The Morgan fingerprint density at radius 3 is 2.86 bits per heavy atom. The number of amides is 1. The van der Waals surface area contributed by atoms with Crippen molar-refractivity contribution >= 4 is 32.6 Å². The molecule has 29 heavy (non-hydrogen) atoms. The van der Waals surface area contributed by atoms with E-state index >= 15 is 0 Å². The summed E-state index contributed by atoms with van der Waals surface area (Å²) in [5.74, 6) is 0.767. The number of aliphatic hydroxyl groups excluding tert-OH is 1. The molecule has 1 atom stereocenters. The fourth-order valence-electron chi connectivity index (χ4n) is 3.98. The summed E-state index contributed by atoms with van der Waals surface area (Å²) >= 11 is 1.60. The number of carbonyl (C=O) groups is 1. The normalized spacial score (nSPS) is 19.6. The molecule has 0 radical (unpaired) electrons. The molecule has 7 heteroatoms. The van der Waals surface area contributed by atoms with Gasteiger partial charge in [-0.2, -0.15) is 0 Å². The summed E-state index contributed by atoms with van der Waals surface area (Å²) < 4.78 is 6.69. The maximum Gasteiger partial charge on any atom is 0.251 e. The zero-order chi connectivity index (χ0) is 19.8. The molecule has 3 aromatic rings. The summed E-state index contributed by atoms with van der Waals surface area (Å²) in [6.07, 6.45) is 2.11. The smallest absolute Gasteiger partial charge is 0.251 e. The zero-order valence-corrected chi connectivity index (χ0v) is 16.8. The van der Waals surface area contributed by atoms with E-state index < -0.39 is 0 Å². The van der Waals surface area contributed by atoms with Crippen molar-refractivity contribution in [1.29, 1.82) is 0 Å². The van der Waals surface area contributed by atoms with E-state index in [9.17, 15) is 9.90 Å². The van der Waals surface area contributed by atoms with E-state index in [1.807, 2.05) is 42.5 Å². The Morgan fingerprint density at radius 1 is 1.17 bits per heavy atom. The van der Waals surface area contributed by atoms with Crippen LogP contribution in [0.5, 0.6) is 5.75 Å². The number of hydrogen-bond donors (Lipinski definition) is 2. The van der Waals surface area contributed by atoms with E-state index in [-0.39, 0.29) is 18.1 Å². The molecule has 2 N–H and O–H groups in total. The topological polar surface area (TPSA) is 74.7 Å². The van der Waals surface area contributed by atoms with Crippen LogP contribution in [-0.4, -0.2) is 41.8 Å². The Hall–Kier alpha value is -2.64. The second-order valence-corrected chi connectivity index (χ2v) is 8.61. The molecule has 2 aliphatic heterocycles. The highest BCUT2D eigenvalue weighted by Crippen LogP contribution is 2.33. The minimum absolute atomic E-state index is 0.0417. The molecule has 1 fully saturated rings. The molecule has 0 bridgehead atoms. The summed E-state index contributed by atoms with van der Waals surface area (Å²) in [5.41, 5.74) is 2.58. The number of nitrogens with zero attached hydrogens (tertiary/aromatic N) is 2. The number of aromatic nitrogens is 1. The van der Waals surface area contributed by atoms with Gasteiger partial charge in [-0.05, 0) is 37.1 Å². The van der Waals surface area contributed by atoms with E-state index in [2.05, 4.69) is 10.2 Å². The number of anilines is 1. The van der Waals surface area contributed by atoms with Crippen molar-refractivity contribution in [3.8, 4) is 5.75 Å². The van der Waals surface area contributed by atoms with Crippen LogP contribution in [-0.2, 0) is 0 Å². The molecule has 1 aromatic heterocycles. The van der Waals surface area contributed by atoms with Crippen molar-refractivity contribution in [2.75, 3.05) is 24.6 Å². The van der Waals surface area contributed by atoms with Crippen molar-refractivity contribution < 1.29 is 14.6 Å². The molecular formula is C22H23N3O3S. The second kappa shape index (κ2) is 7.65. The minimum Gasteiger partial charge on any atom is -0.493 e. The quantitative estimate of drug-likeness (QED) is 0.692. The molecule has 3 heterocycles. The van der Waals surface area contributed by atoms with Gasteiger partial charge in [-0.25, -0.2) is 4.98 Å². The molecule has 0 aliphatic carbocycles. The standard InChI is InChI=1S/C22H23N3O3S/c26-15-7-10-25(11-8-15)22-24-18-6-5-14(13-20(18)29-22)21(27)23-17-9-12-28-19-4-2-1-3-16(17)19/h1-6,13,15,17,26H,7-12H2,(H,23,27)/t17-/m0/s1. The molecule has 150 valence electrons. The Bertz CT molecular complexity index is 1040. The Morgan fingerprint density at radius 2 is 2.00 bits per heavy atom. The summed E-state index contributed by atoms with van der Waals surface area (Å²) in [4.78, 5) is 19.8. The van der Waals surface area contributed by atoms with Crippen LogP contribution < -0.4 is 15.0 Å². The van der Waals surface area contributed by atoms with Gasteiger partial charge in [0, 0.05) is 30.6 Å². The summed E-state index contributed by atoms with van der Waals surface area (Å²) in [6, 6.07) is 13.5. The van der Waals surface area contributed by atoms with Gasteiger partial charge in [-0.15, -0.1) is 0 Å². The number of aliphatic hydroxyl groups is 1. The maximum atomic E-state index is 12.9. The number of ether oxygens (including phenoxy) is 1. The Balaban J connectivity index is 1.35. The maximum absolute atomic E-state index is 12.9. The highest BCUT2D eigenvalue weighted by molar-refractivity contribution is 7.22. The van der Waals surface area contributed by atoms with Crippen molar-refractivity contribution in [3.63, 3.8) is 0 Å². The molecule has 0 spiro atoms. The molecule has 2 aliphatic rings. The van der Waals surface area contributed by atoms with Crippen LogP contribution in [0.1, 0.15) is 41.2 Å². The number of piperidine rings is 1. The van der Waals surface area contributed by atoms with Crippen molar-refractivity contribution in [2.24, 2.45) is 0 Å². The lowest BCUT2D eigenvalue weighted by Gasteiger charge is -2.28. The van der Waals surface area contributed by atoms with Crippen molar-refractivity contribution in [1.82, 2.24) is 10.3 Å². The van der Waals surface area contributed by atoms with Crippen LogP contribution in [0.3, 0.4) is 0 Å². The first-order valence-electron chi connectivity index (χ1n) is 10.0. The van der Waals surface area contributed by atoms with Gasteiger partial charge in [-0.3, -0.25) is 4.79 Å². The first kappa shape index (κ1) is 18.4. The van der Waals surface area contributed by atoms with Gasteiger partial charge in [0.05, 0.1) is 29.0 Å². The largest absolute Gasteiger partial charge is 0.493 e. The third-order valence-corrected chi connectivity index (χ3v) is 6.72. The highest BCUT2D eigenvalue weighted by Gasteiger charge is 2.24. The number of nitrogens with one attached hydrogen (secondary N) is 1. The van der Waals surface area contributed by atoms with Crippen molar-refractivity contribution in [3.05, 3.63) is 53.6 Å². The lowest BCUT2D eigenvalue weighted by molar-refractivity contribution is 0.0925. The summed E-state index contributed by atoms with van der Waals surface area (Å²) in [5, 5.41) is 13.8. The fraction of sp³-hybridized carbons (Fsp3) is 0.364. The third-order valence-electron chi connectivity index (χ3n) is 5.64. The van der Waals surface area contributed by atoms with E-state index in [1.165, 1.54) is 0 Å². The molecule has 0 saturated carbocycles. The highest BCUT2D eigenvalue weighted by atomic mass is 32.1. The van der Waals surface area contributed by atoms with E-state index in [1.54, 1.807) is 11.3 Å². The monoisotopic (exact) mass is 409 g/mol. The number of fused-ring (bicyclic) bond motifs is 2. The van der Waals surface area contributed by atoms with Gasteiger partial charge < -0.3 is 20.1 Å².